The molecule has 2 aromatic carbocycles. The Morgan fingerprint density at radius 2 is 1.72 bits per heavy atom. The van der Waals surface area contributed by atoms with Gasteiger partial charge in [0.1, 0.15) is 11.6 Å². The molecule has 1 saturated carbocycles. The van der Waals surface area contributed by atoms with Crippen molar-refractivity contribution in [1.29, 1.82) is 0 Å². The number of aryl methyl sites for hydroxylation is 1. The summed E-state index contributed by atoms with van der Waals surface area (Å²) in [6.07, 6.45) is 3.47. The van der Waals surface area contributed by atoms with Gasteiger partial charge >= 0.3 is 0 Å². The molecule has 4 rings (SSSR count). The summed E-state index contributed by atoms with van der Waals surface area (Å²) < 4.78 is 14.9. The second kappa shape index (κ2) is 8.19. The Morgan fingerprint density at radius 1 is 1.06 bits per heavy atom. The molecule has 1 amide bonds. The van der Waals surface area contributed by atoms with E-state index >= 15 is 0 Å². The van der Waals surface area contributed by atoms with E-state index in [9.17, 15) is 19.1 Å². The van der Waals surface area contributed by atoms with Crippen molar-refractivity contribution in [2.45, 2.75) is 70.9 Å². The van der Waals surface area contributed by atoms with Gasteiger partial charge in [-0.2, -0.15) is 0 Å². The second-order valence-corrected chi connectivity index (χ2v) is 9.95. The number of aliphatic hydroxyl groups excluding tert-OH is 1. The molecular weight excluding hydrogens is 405 g/mol. The number of carbonyl (C=O) groups is 2. The molecule has 0 bridgehead atoms. The molecule has 2 aromatic rings. The maximum absolute atomic E-state index is 14.9. The minimum absolute atomic E-state index is 0.0267. The van der Waals surface area contributed by atoms with Crippen LogP contribution in [-0.4, -0.2) is 27.7 Å². The Balaban J connectivity index is 1.95. The molecule has 0 aromatic heterocycles. The summed E-state index contributed by atoms with van der Waals surface area (Å²) in [6.45, 7) is 8.06. The largest absolute Gasteiger partial charge is 0.507 e. The van der Waals surface area contributed by atoms with Gasteiger partial charge in [0.2, 0.25) is 0 Å². The first kappa shape index (κ1) is 22.3. The van der Waals surface area contributed by atoms with Crippen LogP contribution in [0.3, 0.4) is 0 Å². The number of halogens is 1. The summed E-state index contributed by atoms with van der Waals surface area (Å²) in [5.41, 5.74) is 2.34. The van der Waals surface area contributed by atoms with Crippen molar-refractivity contribution in [3.8, 4) is 0 Å². The number of ketones is 1. The molecule has 5 heteroatoms. The summed E-state index contributed by atoms with van der Waals surface area (Å²) in [7, 11) is 0. The van der Waals surface area contributed by atoms with Crippen LogP contribution < -0.4 is 0 Å². The predicted molar refractivity (Wildman–Crippen MR) is 123 cm³/mol. The minimum Gasteiger partial charge on any atom is -0.507 e. The fourth-order valence-corrected chi connectivity index (χ4v) is 4.90. The molecule has 168 valence electrons. The average Bonchev–Trinajstić information content (AvgIpc) is 3.34. The first-order valence-corrected chi connectivity index (χ1v) is 11.3. The summed E-state index contributed by atoms with van der Waals surface area (Å²) in [6, 6.07) is 10.9. The SMILES string of the molecule is Cc1ccc(C(C)(C)C)cc1/C(O)=C1\C(=O)C(=O)N(C2CCCC2)C1c1ccccc1F. The molecular formula is C27H30FNO3. The number of hydrogen-bond donors (Lipinski definition) is 1. The smallest absolute Gasteiger partial charge is 0.295 e. The molecule has 2 fully saturated rings. The van der Waals surface area contributed by atoms with Gasteiger partial charge in [-0.15, -0.1) is 0 Å². The standard InChI is InChI=1S/C27H30FNO3/c1-16-13-14-17(27(2,3)4)15-20(16)24(30)22-23(19-11-7-8-12-21(19)28)29(26(32)25(22)31)18-9-5-6-10-18/h7-8,11-15,18,23,30H,5-6,9-10H2,1-4H3/b24-22+. The summed E-state index contributed by atoms with van der Waals surface area (Å²) in [4.78, 5) is 27.9. The van der Waals surface area contributed by atoms with Gasteiger partial charge in [-0.1, -0.05) is 63.9 Å². The average molecular weight is 436 g/mol. The predicted octanol–water partition coefficient (Wildman–Crippen LogP) is 5.80. The van der Waals surface area contributed by atoms with Gasteiger partial charge in [-0.3, -0.25) is 9.59 Å². The third-order valence-corrected chi connectivity index (χ3v) is 6.76. The zero-order chi connectivity index (χ0) is 23.2. The number of aliphatic hydroxyl groups is 1. The van der Waals surface area contributed by atoms with Crippen LogP contribution in [0.1, 0.15) is 74.8 Å². The number of benzene rings is 2. The molecule has 0 radical (unpaired) electrons. The van der Waals surface area contributed by atoms with E-state index in [1.54, 1.807) is 18.2 Å². The molecule has 1 atom stereocenters. The van der Waals surface area contributed by atoms with Crippen LogP contribution >= 0.6 is 0 Å². The highest BCUT2D eigenvalue weighted by atomic mass is 19.1. The van der Waals surface area contributed by atoms with E-state index in [0.717, 1.165) is 36.8 Å². The van der Waals surface area contributed by atoms with Crippen molar-refractivity contribution in [2.75, 3.05) is 0 Å². The number of likely N-dealkylation sites (tertiary alicyclic amines) is 1. The monoisotopic (exact) mass is 435 g/mol. The number of carbonyl (C=O) groups excluding carboxylic acids is 2. The molecule has 0 spiro atoms. The molecule has 1 aliphatic heterocycles. The van der Waals surface area contributed by atoms with Gasteiger partial charge in [0.25, 0.3) is 11.7 Å². The first-order chi connectivity index (χ1) is 15.1. The quantitative estimate of drug-likeness (QED) is 0.377. The zero-order valence-corrected chi connectivity index (χ0v) is 19.1. The molecule has 4 nitrogen and oxygen atoms in total. The van der Waals surface area contributed by atoms with Crippen molar-refractivity contribution < 1.29 is 19.1 Å². The van der Waals surface area contributed by atoms with Crippen LogP contribution in [-0.2, 0) is 15.0 Å². The van der Waals surface area contributed by atoms with Gasteiger partial charge < -0.3 is 10.0 Å². The Hall–Kier alpha value is -2.95. The van der Waals surface area contributed by atoms with Gasteiger partial charge in [-0.25, -0.2) is 4.39 Å². The fraction of sp³-hybridized carbons (Fsp3) is 0.407. The van der Waals surface area contributed by atoms with Crippen molar-refractivity contribution in [2.24, 2.45) is 0 Å². The molecule has 1 unspecified atom stereocenters. The molecule has 32 heavy (non-hydrogen) atoms. The van der Waals surface area contributed by atoms with Crippen LogP contribution in [0.2, 0.25) is 0 Å². The summed E-state index contributed by atoms with van der Waals surface area (Å²) in [5, 5.41) is 11.4. The number of nitrogens with zero attached hydrogens (tertiary/aromatic N) is 1. The van der Waals surface area contributed by atoms with Crippen LogP contribution in [0.15, 0.2) is 48.0 Å². The van der Waals surface area contributed by atoms with Crippen LogP contribution in [0.25, 0.3) is 5.76 Å². The molecule has 1 saturated heterocycles. The third-order valence-electron chi connectivity index (χ3n) is 6.76. The zero-order valence-electron chi connectivity index (χ0n) is 19.1. The van der Waals surface area contributed by atoms with Crippen molar-refractivity contribution in [3.63, 3.8) is 0 Å². The molecule has 2 aliphatic rings. The van der Waals surface area contributed by atoms with Gasteiger partial charge in [-0.05, 0) is 48.4 Å². The van der Waals surface area contributed by atoms with E-state index in [2.05, 4.69) is 20.8 Å². The maximum atomic E-state index is 14.9. The second-order valence-electron chi connectivity index (χ2n) is 9.95. The number of amides is 1. The van der Waals surface area contributed by atoms with Crippen LogP contribution in [0.4, 0.5) is 4.39 Å². The lowest BCUT2D eigenvalue weighted by Gasteiger charge is -2.31. The van der Waals surface area contributed by atoms with Crippen molar-refractivity contribution in [3.05, 3.63) is 76.1 Å². The van der Waals surface area contributed by atoms with Gasteiger partial charge in [0.15, 0.2) is 0 Å². The Bertz CT molecular complexity index is 1110. The van der Waals surface area contributed by atoms with E-state index in [1.165, 1.54) is 11.0 Å². The normalized spacial score (nSPS) is 21.5. The Labute approximate surface area is 188 Å². The lowest BCUT2D eigenvalue weighted by molar-refractivity contribution is -0.141. The number of rotatable bonds is 3. The number of Topliss-reactive ketones (excluding diaryl/α,β-unsaturated/α-hetero) is 1. The topological polar surface area (TPSA) is 57.6 Å². The van der Waals surface area contributed by atoms with Gasteiger partial charge in [0, 0.05) is 17.2 Å². The summed E-state index contributed by atoms with van der Waals surface area (Å²) >= 11 is 0. The third kappa shape index (κ3) is 3.74. The maximum Gasteiger partial charge on any atom is 0.295 e. The van der Waals surface area contributed by atoms with E-state index in [1.807, 2.05) is 25.1 Å². The Kier molecular flexibility index (Phi) is 5.70. The molecule has 1 aliphatic carbocycles. The van der Waals surface area contributed by atoms with Crippen molar-refractivity contribution in [1.82, 2.24) is 4.90 Å². The fourth-order valence-electron chi connectivity index (χ4n) is 4.90. The first-order valence-electron chi connectivity index (χ1n) is 11.3. The minimum atomic E-state index is -0.933. The highest BCUT2D eigenvalue weighted by molar-refractivity contribution is 6.46. The number of hydrogen-bond acceptors (Lipinski definition) is 3. The summed E-state index contributed by atoms with van der Waals surface area (Å²) in [5.74, 6) is -2.13. The lowest BCUT2D eigenvalue weighted by atomic mass is 9.84. The van der Waals surface area contributed by atoms with E-state index in [0.29, 0.717) is 5.56 Å². The van der Waals surface area contributed by atoms with E-state index in [-0.39, 0.29) is 28.4 Å². The van der Waals surface area contributed by atoms with Crippen LogP contribution in [0, 0.1) is 12.7 Å². The van der Waals surface area contributed by atoms with Crippen LogP contribution in [0.5, 0.6) is 0 Å². The molecule has 1 N–H and O–H groups in total. The highest BCUT2D eigenvalue weighted by Gasteiger charge is 2.50. The van der Waals surface area contributed by atoms with E-state index in [4.69, 9.17) is 0 Å². The highest BCUT2D eigenvalue weighted by Crippen LogP contribution is 2.44. The van der Waals surface area contributed by atoms with E-state index < -0.39 is 23.5 Å². The van der Waals surface area contributed by atoms with Gasteiger partial charge in [0.05, 0.1) is 11.6 Å². The molecule has 1 heterocycles. The lowest BCUT2D eigenvalue weighted by Crippen LogP contribution is -2.38. The Morgan fingerprint density at radius 3 is 2.34 bits per heavy atom. The van der Waals surface area contributed by atoms with Crippen molar-refractivity contribution >= 4 is 17.4 Å².